The lowest BCUT2D eigenvalue weighted by atomic mass is 10.0. The van der Waals surface area contributed by atoms with Gasteiger partial charge in [0.15, 0.2) is 0 Å². The third-order valence-corrected chi connectivity index (χ3v) is 2.03. The van der Waals surface area contributed by atoms with E-state index in [1.165, 1.54) is 19.3 Å². The van der Waals surface area contributed by atoms with E-state index in [1.807, 2.05) is 6.34 Å². The van der Waals surface area contributed by atoms with Gasteiger partial charge >= 0.3 is 0 Å². The molecule has 0 spiro atoms. The minimum Gasteiger partial charge on any atom is -0.353 e. The number of piperidine rings is 1. The molecule has 0 N–H and O–H groups in total. The molecule has 2 aliphatic heterocycles. The van der Waals surface area contributed by atoms with Gasteiger partial charge in [-0.2, -0.15) is 0 Å². The van der Waals surface area contributed by atoms with Crippen molar-refractivity contribution < 1.29 is 0 Å². The maximum atomic E-state index is 4.20. The Hall–Kier alpha value is -0.530. The molecule has 49 valence electrons. The van der Waals surface area contributed by atoms with Crippen molar-refractivity contribution in [2.75, 3.05) is 6.54 Å². The third-order valence-electron chi connectivity index (χ3n) is 2.03. The fraction of sp³-hybridized carbons (Fsp3) is 0.714. The summed E-state index contributed by atoms with van der Waals surface area (Å²) < 4.78 is 0. The molecule has 1 radical (unpaired) electrons. The molecule has 2 rings (SSSR count). The summed E-state index contributed by atoms with van der Waals surface area (Å²) >= 11 is 0. The number of hydrogen-bond acceptors (Lipinski definition) is 2. The minimum atomic E-state index is 0.721. The molecule has 0 aromatic carbocycles. The van der Waals surface area contributed by atoms with Gasteiger partial charge in [-0.15, -0.1) is 0 Å². The van der Waals surface area contributed by atoms with Crippen molar-refractivity contribution in [2.45, 2.75) is 25.3 Å². The number of rotatable bonds is 0. The summed E-state index contributed by atoms with van der Waals surface area (Å²) in [5.74, 6) is 0. The lowest BCUT2D eigenvalue weighted by molar-refractivity contribution is 0.324. The van der Waals surface area contributed by atoms with Crippen LogP contribution >= 0.6 is 0 Å². The molecule has 0 aromatic heterocycles. The molecule has 1 saturated heterocycles. The first-order valence-electron chi connectivity index (χ1n) is 3.57. The van der Waals surface area contributed by atoms with E-state index >= 15 is 0 Å². The van der Waals surface area contributed by atoms with Crippen molar-refractivity contribution in [3.05, 3.63) is 6.54 Å². The predicted octanol–water partition coefficient (Wildman–Crippen LogP) is 1.04. The summed E-state index contributed by atoms with van der Waals surface area (Å²) in [6, 6.07) is 0.721. The first-order valence-corrected chi connectivity index (χ1v) is 3.57. The van der Waals surface area contributed by atoms with E-state index in [0.717, 1.165) is 12.6 Å². The summed E-state index contributed by atoms with van der Waals surface area (Å²) in [6.07, 6.45) is 5.88. The smallest absolute Gasteiger partial charge is 0.0857 e. The Morgan fingerprint density at radius 2 is 2.56 bits per heavy atom. The molecule has 1 fully saturated rings. The van der Waals surface area contributed by atoms with E-state index in [-0.39, 0.29) is 0 Å². The van der Waals surface area contributed by atoms with Gasteiger partial charge in [-0.05, 0) is 19.3 Å². The SMILES string of the molecule is [CH]1CCCC2CN=CN12. The number of hydrogen-bond donors (Lipinski definition) is 0. The lowest BCUT2D eigenvalue weighted by Gasteiger charge is -2.27. The van der Waals surface area contributed by atoms with Gasteiger partial charge in [0.2, 0.25) is 0 Å². The van der Waals surface area contributed by atoms with Gasteiger partial charge in [-0.1, -0.05) is 0 Å². The van der Waals surface area contributed by atoms with E-state index < -0.39 is 0 Å². The highest BCUT2D eigenvalue weighted by molar-refractivity contribution is 5.59. The fourth-order valence-corrected chi connectivity index (χ4v) is 1.48. The normalized spacial score (nSPS) is 32.9. The van der Waals surface area contributed by atoms with E-state index in [9.17, 15) is 0 Å². The molecule has 1 unspecified atom stereocenters. The predicted molar refractivity (Wildman–Crippen MR) is 37.1 cm³/mol. The Morgan fingerprint density at radius 3 is 3.44 bits per heavy atom. The summed E-state index contributed by atoms with van der Waals surface area (Å²) in [5, 5.41) is 0. The van der Waals surface area contributed by atoms with Crippen molar-refractivity contribution in [2.24, 2.45) is 4.99 Å². The van der Waals surface area contributed by atoms with Gasteiger partial charge in [0.25, 0.3) is 0 Å². The average molecular weight is 123 g/mol. The summed E-state index contributed by atoms with van der Waals surface area (Å²) in [5.41, 5.74) is 0. The van der Waals surface area contributed by atoms with Crippen LogP contribution in [0.3, 0.4) is 0 Å². The van der Waals surface area contributed by atoms with Gasteiger partial charge in [0, 0.05) is 6.04 Å². The van der Waals surface area contributed by atoms with Crippen LogP contribution in [0.4, 0.5) is 0 Å². The van der Waals surface area contributed by atoms with Crippen LogP contribution in [0.2, 0.25) is 0 Å². The van der Waals surface area contributed by atoms with Crippen LogP contribution in [0.5, 0.6) is 0 Å². The van der Waals surface area contributed by atoms with E-state index in [0.29, 0.717) is 0 Å². The van der Waals surface area contributed by atoms with Crippen molar-refractivity contribution >= 4 is 6.34 Å². The second-order valence-corrected chi connectivity index (χ2v) is 2.70. The van der Waals surface area contributed by atoms with Crippen molar-refractivity contribution in [3.63, 3.8) is 0 Å². The fourth-order valence-electron chi connectivity index (χ4n) is 1.48. The van der Waals surface area contributed by atoms with Crippen molar-refractivity contribution in [3.8, 4) is 0 Å². The van der Waals surface area contributed by atoms with E-state index in [2.05, 4.69) is 16.4 Å². The molecule has 2 nitrogen and oxygen atoms in total. The highest BCUT2D eigenvalue weighted by Gasteiger charge is 2.22. The van der Waals surface area contributed by atoms with Gasteiger partial charge in [0.05, 0.1) is 19.4 Å². The first-order chi connectivity index (χ1) is 4.47. The van der Waals surface area contributed by atoms with Crippen LogP contribution in [0.25, 0.3) is 0 Å². The Labute approximate surface area is 55.6 Å². The Bertz CT molecular complexity index is 131. The molecule has 1 atom stereocenters. The van der Waals surface area contributed by atoms with Gasteiger partial charge in [-0.3, -0.25) is 4.99 Å². The maximum absolute atomic E-state index is 4.20. The number of aliphatic imine (C=N–C) groups is 1. The molecule has 2 heterocycles. The molecule has 0 amide bonds. The number of fused-ring (bicyclic) bond motifs is 1. The second kappa shape index (κ2) is 2.01. The average Bonchev–Trinajstić information content (AvgIpc) is 2.33. The third kappa shape index (κ3) is 0.824. The molecule has 0 aromatic rings. The quantitative estimate of drug-likeness (QED) is 0.470. The van der Waals surface area contributed by atoms with E-state index in [4.69, 9.17) is 0 Å². The molecular weight excluding hydrogens is 112 g/mol. The first kappa shape index (κ1) is 5.27. The molecule has 0 aliphatic carbocycles. The lowest BCUT2D eigenvalue weighted by Crippen LogP contribution is -2.32. The van der Waals surface area contributed by atoms with Crippen LogP contribution in [-0.4, -0.2) is 23.8 Å². The van der Waals surface area contributed by atoms with Crippen LogP contribution in [0, 0.1) is 6.54 Å². The standard InChI is InChI=1S/C7H11N2/c1-2-4-9-6-8-5-7(9)3-1/h4,6-7H,1-3,5H2. The minimum absolute atomic E-state index is 0.721. The van der Waals surface area contributed by atoms with Crippen LogP contribution in [0.1, 0.15) is 19.3 Å². The molecule has 2 heteroatoms. The Morgan fingerprint density at radius 1 is 1.56 bits per heavy atom. The topological polar surface area (TPSA) is 15.6 Å². The summed E-state index contributed by atoms with van der Waals surface area (Å²) in [7, 11) is 0. The molecule has 0 bridgehead atoms. The van der Waals surface area contributed by atoms with Gasteiger partial charge < -0.3 is 4.90 Å². The summed E-state index contributed by atoms with van der Waals surface area (Å²) in [6.45, 7) is 3.28. The Balaban J connectivity index is 2.03. The molecule has 2 aliphatic rings. The Kier molecular flexibility index (Phi) is 1.18. The van der Waals surface area contributed by atoms with Crippen molar-refractivity contribution in [1.29, 1.82) is 0 Å². The molecular formula is C7H11N2. The molecule has 0 saturated carbocycles. The van der Waals surface area contributed by atoms with Crippen LogP contribution < -0.4 is 0 Å². The van der Waals surface area contributed by atoms with Crippen LogP contribution in [0.15, 0.2) is 4.99 Å². The van der Waals surface area contributed by atoms with Gasteiger partial charge in [-0.25, -0.2) is 0 Å². The van der Waals surface area contributed by atoms with E-state index in [1.54, 1.807) is 0 Å². The largest absolute Gasteiger partial charge is 0.353 e. The second-order valence-electron chi connectivity index (χ2n) is 2.70. The highest BCUT2D eigenvalue weighted by Crippen LogP contribution is 2.21. The van der Waals surface area contributed by atoms with Crippen LogP contribution in [-0.2, 0) is 0 Å². The molecule has 9 heavy (non-hydrogen) atoms. The zero-order chi connectivity index (χ0) is 6.10. The highest BCUT2D eigenvalue weighted by atomic mass is 15.2. The monoisotopic (exact) mass is 123 g/mol. The summed E-state index contributed by atoms with van der Waals surface area (Å²) in [4.78, 5) is 6.45. The maximum Gasteiger partial charge on any atom is 0.0857 e. The zero-order valence-corrected chi connectivity index (χ0v) is 5.45. The van der Waals surface area contributed by atoms with Gasteiger partial charge in [0.1, 0.15) is 0 Å². The zero-order valence-electron chi connectivity index (χ0n) is 5.45. The number of nitrogens with zero attached hydrogens (tertiary/aromatic N) is 2. The van der Waals surface area contributed by atoms with Crippen molar-refractivity contribution in [1.82, 2.24) is 4.90 Å².